The molecule has 0 aliphatic carbocycles. The number of furan rings is 1. The Kier molecular flexibility index (Phi) is 2.52. The minimum Gasteiger partial charge on any atom is -0.465 e. The summed E-state index contributed by atoms with van der Waals surface area (Å²) in [6.07, 6.45) is 3.45. The van der Waals surface area contributed by atoms with Crippen molar-refractivity contribution in [2.75, 3.05) is 5.75 Å². The van der Waals surface area contributed by atoms with Crippen LogP contribution in [0.2, 0.25) is 0 Å². The Hall–Kier alpha value is -1.89. The minimum atomic E-state index is 0.650. The lowest BCUT2D eigenvalue weighted by Gasteiger charge is -1.88. The number of imidazole rings is 1. The van der Waals surface area contributed by atoms with E-state index in [1.165, 1.54) is 0 Å². The van der Waals surface area contributed by atoms with E-state index in [2.05, 4.69) is 27.4 Å². The van der Waals surface area contributed by atoms with Gasteiger partial charge in [0.1, 0.15) is 11.1 Å². The second kappa shape index (κ2) is 4.17. The van der Waals surface area contributed by atoms with Gasteiger partial charge in [0.2, 0.25) is 5.65 Å². The van der Waals surface area contributed by atoms with Gasteiger partial charge in [0.05, 0.1) is 6.26 Å². The summed E-state index contributed by atoms with van der Waals surface area (Å²) >= 11 is 1.60. The molecule has 6 nitrogen and oxygen atoms in total. The van der Waals surface area contributed by atoms with E-state index in [0.29, 0.717) is 5.65 Å². The van der Waals surface area contributed by atoms with Crippen LogP contribution in [0.25, 0.3) is 11.7 Å². The molecule has 3 aromatic heterocycles. The Morgan fingerprint density at radius 2 is 2.47 bits per heavy atom. The number of tetrazole rings is 1. The molecule has 0 unspecified atom stereocenters. The van der Waals surface area contributed by atoms with Gasteiger partial charge in [0, 0.05) is 6.08 Å². The van der Waals surface area contributed by atoms with Gasteiger partial charge in [-0.3, -0.25) is 0 Å². The molecule has 0 N–H and O–H groups in total. The second-order valence-electron chi connectivity index (χ2n) is 3.29. The summed E-state index contributed by atoms with van der Waals surface area (Å²) in [5, 5.41) is 13.0. The second-order valence-corrected chi connectivity index (χ2v) is 4.52. The van der Waals surface area contributed by atoms with Crippen LogP contribution in [0.1, 0.15) is 12.7 Å². The third-order valence-corrected chi connectivity index (χ3v) is 3.00. The average molecular weight is 247 g/mol. The summed E-state index contributed by atoms with van der Waals surface area (Å²) in [7, 11) is 0. The van der Waals surface area contributed by atoms with E-state index in [9.17, 15) is 0 Å². The van der Waals surface area contributed by atoms with Crippen molar-refractivity contribution < 1.29 is 4.42 Å². The molecule has 0 saturated heterocycles. The van der Waals surface area contributed by atoms with Crippen molar-refractivity contribution in [3.05, 3.63) is 29.5 Å². The van der Waals surface area contributed by atoms with Crippen LogP contribution >= 0.6 is 11.8 Å². The molecule has 3 aromatic rings. The van der Waals surface area contributed by atoms with Gasteiger partial charge in [-0.2, -0.15) is 4.52 Å². The fraction of sp³-hybridized carbons (Fsp3) is 0.200. The van der Waals surface area contributed by atoms with Crippen LogP contribution in [-0.2, 0) is 0 Å². The molecule has 3 heterocycles. The monoisotopic (exact) mass is 247 g/mol. The maximum Gasteiger partial charge on any atom is 0.208 e. The Morgan fingerprint density at radius 3 is 3.24 bits per heavy atom. The molecule has 0 aromatic carbocycles. The number of nitrogens with zero attached hydrogens (tertiary/aromatic N) is 5. The number of aromatic nitrogens is 5. The molecule has 0 fully saturated rings. The number of fused-ring (bicyclic) bond motifs is 1. The Morgan fingerprint density at radius 1 is 1.53 bits per heavy atom. The van der Waals surface area contributed by atoms with Crippen LogP contribution in [0.15, 0.2) is 28.0 Å². The molecule has 0 aliphatic heterocycles. The van der Waals surface area contributed by atoms with E-state index in [-0.39, 0.29) is 0 Å². The first kappa shape index (κ1) is 10.3. The summed E-state index contributed by atoms with van der Waals surface area (Å²) in [6, 6.07) is 3.69. The summed E-state index contributed by atoms with van der Waals surface area (Å²) in [4.78, 5) is 4.46. The number of thioether (sulfide) groups is 1. The van der Waals surface area contributed by atoms with Crippen LogP contribution in [0.3, 0.4) is 0 Å². The first-order valence-corrected chi connectivity index (χ1v) is 6.13. The van der Waals surface area contributed by atoms with Crippen molar-refractivity contribution >= 4 is 23.5 Å². The van der Waals surface area contributed by atoms with Crippen molar-refractivity contribution in [2.45, 2.75) is 12.1 Å². The molecule has 86 valence electrons. The quantitative estimate of drug-likeness (QED) is 0.637. The molecule has 0 saturated carbocycles. The normalized spacial score (nSPS) is 12.6. The van der Waals surface area contributed by atoms with E-state index >= 15 is 0 Å². The van der Waals surface area contributed by atoms with E-state index in [4.69, 9.17) is 4.42 Å². The molecule has 3 rings (SSSR count). The highest BCUT2D eigenvalue weighted by atomic mass is 32.2. The third-order valence-electron chi connectivity index (χ3n) is 2.19. The van der Waals surface area contributed by atoms with Gasteiger partial charge in [-0.15, -0.1) is 5.10 Å². The van der Waals surface area contributed by atoms with E-state index in [1.807, 2.05) is 18.2 Å². The average Bonchev–Trinajstić information content (AvgIpc) is 3.01. The topological polar surface area (TPSA) is 69.1 Å². The van der Waals surface area contributed by atoms with Gasteiger partial charge in [-0.05, 0) is 28.3 Å². The molecular weight excluding hydrogens is 238 g/mol. The van der Waals surface area contributed by atoms with Gasteiger partial charge in [0.25, 0.3) is 0 Å². The van der Waals surface area contributed by atoms with E-state index in [0.717, 1.165) is 22.0 Å². The predicted molar refractivity (Wildman–Crippen MR) is 62.5 cm³/mol. The summed E-state index contributed by atoms with van der Waals surface area (Å²) in [5.74, 6) is 1.66. The van der Waals surface area contributed by atoms with Crippen molar-refractivity contribution in [3.8, 4) is 0 Å². The van der Waals surface area contributed by atoms with Gasteiger partial charge >= 0.3 is 0 Å². The van der Waals surface area contributed by atoms with Crippen LogP contribution in [0.4, 0.5) is 0 Å². The SMILES string of the molecule is CCSc1n/c(=C\c2ccco2)c2nnnn12. The highest BCUT2D eigenvalue weighted by Crippen LogP contribution is 2.13. The number of rotatable bonds is 3. The summed E-state index contributed by atoms with van der Waals surface area (Å²) in [6.45, 7) is 2.06. The van der Waals surface area contributed by atoms with E-state index < -0.39 is 0 Å². The van der Waals surface area contributed by atoms with Crippen LogP contribution in [0, 0.1) is 0 Å². The van der Waals surface area contributed by atoms with Crippen LogP contribution in [-0.4, -0.2) is 30.8 Å². The zero-order chi connectivity index (χ0) is 11.7. The summed E-state index contributed by atoms with van der Waals surface area (Å²) in [5.41, 5.74) is 0.650. The zero-order valence-electron chi connectivity index (χ0n) is 9.07. The van der Waals surface area contributed by atoms with Crippen LogP contribution < -0.4 is 5.35 Å². The Bertz CT molecular complexity index is 675. The Balaban J connectivity index is 2.19. The van der Waals surface area contributed by atoms with Crippen molar-refractivity contribution in [3.63, 3.8) is 0 Å². The fourth-order valence-electron chi connectivity index (χ4n) is 1.50. The first-order valence-electron chi connectivity index (χ1n) is 5.14. The maximum atomic E-state index is 5.25. The standard InChI is InChI=1S/C10H9N5OS/c1-2-17-10-11-8(6-7-4-3-5-16-7)9-12-13-14-15(9)10/h3-6H,2H2,1H3/b8-6-. The minimum absolute atomic E-state index is 0.650. The lowest BCUT2D eigenvalue weighted by molar-refractivity contribution is 0.556. The third kappa shape index (κ3) is 1.78. The van der Waals surface area contributed by atoms with Crippen LogP contribution in [0.5, 0.6) is 0 Å². The zero-order valence-corrected chi connectivity index (χ0v) is 9.89. The van der Waals surface area contributed by atoms with Gasteiger partial charge in [-0.1, -0.05) is 18.7 Å². The fourth-order valence-corrected chi connectivity index (χ4v) is 2.17. The molecule has 0 aliphatic rings. The molecule has 7 heteroatoms. The highest BCUT2D eigenvalue weighted by molar-refractivity contribution is 7.99. The molecule has 0 spiro atoms. The van der Waals surface area contributed by atoms with Gasteiger partial charge < -0.3 is 4.42 Å². The predicted octanol–water partition coefficient (Wildman–Crippen LogP) is 0.772. The molecule has 0 radical (unpaired) electrons. The van der Waals surface area contributed by atoms with Gasteiger partial charge in [-0.25, -0.2) is 4.98 Å². The lowest BCUT2D eigenvalue weighted by atomic mass is 10.4. The highest BCUT2D eigenvalue weighted by Gasteiger charge is 2.10. The smallest absolute Gasteiger partial charge is 0.208 e. The van der Waals surface area contributed by atoms with Crippen molar-refractivity contribution in [1.82, 2.24) is 25.0 Å². The van der Waals surface area contributed by atoms with Crippen molar-refractivity contribution in [2.24, 2.45) is 0 Å². The number of hydrogen-bond donors (Lipinski definition) is 0. The molecule has 0 bridgehead atoms. The lowest BCUT2D eigenvalue weighted by Crippen LogP contribution is -2.02. The largest absolute Gasteiger partial charge is 0.465 e. The number of hydrogen-bond acceptors (Lipinski definition) is 6. The first-order chi connectivity index (χ1) is 8.38. The van der Waals surface area contributed by atoms with Gasteiger partial charge in [0.15, 0.2) is 5.16 Å². The molecule has 17 heavy (non-hydrogen) atoms. The molecular formula is C10H9N5OS. The molecule has 0 amide bonds. The molecule has 0 atom stereocenters. The van der Waals surface area contributed by atoms with Crippen molar-refractivity contribution in [1.29, 1.82) is 0 Å². The summed E-state index contributed by atoms with van der Waals surface area (Å²) < 4.78 is 6.89. The maximum absolute atomic E-state index is 5.25. The van der Waals surface area contributed by atoms with E-state index in [1.54, 1.807) is 22.5 Å². The Labute approximate surface area is 101 Å².